The summed E-state index contributed by atoms with van der Waals surface area (Å²) in [6.07, 6.45) is 2.70. The van der Waals surface area contributed by atoms with Gasteiger partial charge in [-0.15, -0.1) is 0 Å². The molecule has 1 amide bonds. The average molecular weight is 430 g/mol. The van der Waals surface area contributed by atoms with Gasteiger partial charge in [-0.1, -0.05) is 41.9 Å². The Morgan fingerprint density at radius 2 is 1.90 bits per heavy atom. The highest BCUT2D eigenvalue weighted by atomic mass is 35.5. The number of hydrogen-bond acceptors (Lipinski definition) is 4. The Labute approximate surface area is 174 Å². The number of halogens is 1. The SMILES string of the molecule is O=C(NCc1ccc(Cl)cc1)[C@@H]1CCCN1S(=O)(=O)c1cccc2cccnc12. The molecular weight excluding hydrogens is 410 g/mol. The van der Waals surface area contributed by atoms with Crippen LogP contribution in [0.25, 0.3) is 10.9 Å². The number of amides is 1. The van der Waals surface area contributed by atoms with Crippen molar-refractivity contribution in [2.75, 3.05) is 6.54 Å². The molecule has 1 aliphatic heterocycles. The van der Waals surface area contributed by atoms with Crippen molar-refractivity contribution in [1.82, 2.24) is 14.6 Å². The number of benzene rings is 2. The first-order valence-electron chi connectivity index (χ1n) is 9.34. The number of para-hydroxylation sites is 1. The van der Waals surface area contributed by atoms with Gasteiger partial charge in [-0.3, -0.25) is 9.78 Å². The lowest BCUT2D eigenvalue weighted by molar-refractivity contribution is -0.124. The van der Waals surface area contributed by atoms with Gasteiger partial charge in [0.05, 0.1) is 5.52 Å². The molecule has 0 bridgehead atoms. The summed E-state index contributed by atoms with van der Waals surface area (Å²) in [7, 11) is -3.86. The van der Waals surface area contributed by atoms with Gasteiger partial charge in [-0.25, -0.2) is 8.42 Å². The number of aromatic nitrogens is 1. The maximum Gasteiger partial charge on any atom is 0.245 e. The first-order chi connectivity index (χ1) is 14.0. The Morgan fingerprint density at radius 3 is 2.69 bits per heavy atom. The van der Waals surface area contributed by atoms with Crippen molar-refractivity contribution in [3.05, 3.63) is 71.4 Å². The molecule has 1 atom stereocenters. The molecule has 3 aromatic rings. The zero-order valence-corrected chi connectivity index (χ0v) is 17.2. The van der Waals surface area contributed by atoms with Crippen molar-refractivity contribution >= 4 is 38.4 Å². The summed E-state index contributed by atoms with van der Waals surface area (Å²) in [5.74, 6) is -0.297. The molecule has 1 saturated heterocycles. The highest BCUT2D eigenvalue weighted by molar-refractivity contribution is 7.89. The standard InChI is InChI=1S/C21H20ClN3O3S/c22-17-10-8-15(9-11-17)14-24-21(26)18-6-3-13-25(18)29(27,28)19-7-1-4-16-5-2-12-23-20(16)19/h1-2,4-5,7-12,18H,3,6,13-14H2,(H,24,26)/t18-/m0/s1. The van der Waals surface area contributed by atoms with Gasteiger partial charge in [0.15, 0.2) is 0 Å². The van der Waals surface area contributed by atoms with E-state index in [9.17, 15) is 13.2 Å². The minimum absolute atomic E-state index is 0.132. The summed E-state index contributed by atoms with van der Waals surface area (Å²) in [5, 5.41) is 4.22. The Balaban J connectivity index is 1.56. The van der Waals surface area contributed by atoms with Crippen LogP contribution in [0.15, 0.2) is 65.7 Å². The summed E-state index contributed by atoms with van der Waals surface area (Å²) < 4.78 is 28.0. The van der Waals surface area contributed by atoms with E-state index in [-0.39, 0.29) is 10.8 Å². The van der Waals surface area contributed by atoms with Gasteiger partial charge in [-0.2, -0.15) is 4.31 Å². The number of carbonyl (C=O) groups is 1. The van der Waals surface area contributed by atoms with E-state index >= 15 is 0 Å². The second-order valence-corrected chi connectivity index (χ2v) is 9.24. The van der Waals surface area contributed by atoms with Crippen LogP contribution in [-0.2, 0) is 21.4 Å². The number of nitrogens with one attached hydrogen (secondary N) is 1. The van der Waals surface area contributed by atoms with Gasteiger partial charge < -0.3 is 5.32 Å². The van der Waals surface area contributed by atoms with Crippen molar-refractivity contribution in [2.45, 2.75) is 30.3 Å². The van der Waals surface area contributed by atoms with E-state index in [1.165, 1.54) is 4.31 Å². The summed E-state index contributed by atoms with van der Waals surface area (Å²) in [4.78, 5) is 17.2. The molecule has 0 unspecified atom stereocenters. The van der Waals surface area contributed by atoms with E-state index in [1.54, 1.807) is 36.5 Å². The minimum Gasteiger partial charge on any atom is -0.351 e. The lowest BCUT2D eigenvalue weighted by Gasteiger charge is -2.24. The van der Waals surface area contributed by atoms with Gasteiger partial charge in [0, 0.05) is 29.7 Å². The molecule has 0 saturated carbocycles. The normalized spacial score (nSPS) is 17.5. The summed E-state index contributed by atoms with van der Waals surface area (Å²) in [6, 6.07) is 15.1. The van der Waals surface area contributed by atoms with Crippen LogP contribution in [0.2, 0.25) is 5.02 Å². The van der Waals surface area contributed by atoms with E-state index in [4.69, 9.17) is 11.6 Å². The lowest BCUT2D eigenvalue weighted by Crippen LogP contribution is -2.45. The number of nitrogens with zero attached hydrogens (tertiary/aromatic N) is 2. The van der Waals surface area contributed by atoms with Gasteiger partial charge in [-0.05, 0) is 42.7 Å². The molecular formula is C21H20ClN3O3S. The van der Waals surface area contributed by atoms with Crippen molar-refractivity contribution in [2.24, 2.45) is 0 Å². The Kier molecular flexibility index (Phi) is 5.54. The third-order valence-corrected chi connectivity index (χ3v) is 7.26. The quantitative estimate of drug-likeness (QED) is 0.674. The predicted octanol–water partition coefficient (Wildman–Crippen LogP) is 3.36. The largest absolute Gasteiger partial charge is 0.351 e. The molecule has 2 heterocycles. The summed E-state index contributed by atoms with van der Waals surface area (Å²) in [6.45, 7) is 0.626. The molecule has 29 heavy (non-hydrogen) atoms. The number of pyridine rings is 1. The number of hydrogen-bond donors (Lipinski definition) is 1. The average Bonchev–Trinajstić information content (AvgIpc) is 3.24. The molecule has 4 rings (SSSR count). The zero-order valence-electron chi connectivity index (χ0n) is 15.6. The monoisotopic (exact) mass is 429 g/mol. The van der Waals surface area contributed by atoms with Crippen LogP contribution in [0.3, 0.4) is 0 Å². The molecule has 1 fully saturated rings. The molecule has 1 aliphatic rings. The smallest absolute Gasteiger partial charge is 0.245 e. The minimum atomic E-state index is -3.86. The van der Waals surface area contributed by atoms with Crippen LogP contribution < -0.4 is 5.32 Å². The van der Waals surface area contributed by atoms with E-state index in [0.29, 0.717) is 36.5 Å². The van der Waals surface area contributed by atoms with Gasteiger partial charge in [0.25, 0.3) is 0 Å². The van der Waals surface area contributed by atoms with Gasteiger partial charge >= 0.3 is 0 Å². The van der Waals surface area contributed by atoms with E-state index in [0.717, 1.165) is 10.9 Å². The first kappa shape index (κ1) is 19.8. The van der Waals surface area contributed by atoms with Crippen molar-refractivity contribution < 1.29 is 13.2 Å². The maximum atomic E-state index is 13.4. The maximum absolute atomic E-state index is 13.4. The number of rotatable bonds is 5. The van der Waals surface area contributed by atoms with E-state index < -0.39 is 16.1 Å². The number of carbonyl (C=O) groups excluding carboxylic acids is 1. The van der Waals surface area contributed by atoms with Gasteiger partial charge in [0.2, 0.25) is 15.9 Å². The van der Waals surface area contributed by atoms with E-state index in [1.807, 2.05) is 24.3 Å². The van der Waals surface area contributed by atoms with Crippen molar-refractivity contribution in [1.29, 1.82) is 0 Å². The second kappa shape index (κ2) is 8.10. The number of fused-ring (bicyclic) bond motifs is 1. The Bertz CT molecular complexity index is 1140. The van der Waals surface area contributed by atoms with Gasteiger partial charge in [0.1, 0.15) is 10.9 Å². The third kappa shape index (κ3) is 3.99. The van der Waals surface area contributed by atoms with E-state index in [2.05, 4.69) is 10.3 Å². The van der Waals surface area contributed by atoms with Crippen LogP contribution in [0.1, 0.15) is 18.4 Å². The Morgan fingerprint density at radius 1 is 1.14 bits per heavy atom. The highest BCUT2D eigenvalue weighted by Gasteiger charge is 2.40. The molecule has 0 spiro atoms. The van der Waals surface area contributed by atoms with Crippen LogP contribution >= 0.6 is 11.6 Å². The fourth-order valence-corrected chi connectivity index (χ4v) is 5.56. The fourth-order valence-electron chi connectivity index (χ4n) is 3.61. The fraction of sp³-hybridized carbons (Fsp3) is 0.238. The topological polar surface area (TPSA) is 79.4 Å². The molecule has 1 N–H and O–H groups in total. The summed E-state index contributed by atoms with van der Waals surface area (Å²) >= 11 is 5.88. The number of sulfonamides is 1. The highest BCUT2D eigenvalue weighted by Crippen LogP contribution is 2.29. The van der Waals surface area contributed by atoms with Crippen LogP contribution in [0.5, 0.6) is 0 Å². The first-order valence-corrected chi connectivity index (χ1v) is 11.2. The lowest BCUT2D eigenvalue weighted by atomic mass is 10.2. The molecule has 1 aromatic heterocycles. The molecule has 0 aliphatic carbocycles. The predicted molar refractivity (Wildman–Crippen MR) is 112 cm³/mol. The van der Waals surface area contributed by atoms with Crippen LogP contribution in [0, 0.1) is 0 Å². The molecule has 2 aromatic carbocycles. The molecule has 150 valence electrons. The van der Waals surface area contributed by atoms with Crippen LogP contribution in [-0.4, -0.2) is 36.2 Å². The summed E-state index contributed by atoms with van der Waals surface area (Å²) in [5.41, 5.74) is 1.32. The van der Waals surface area contributed by atoms with Crippen molar-refractivity contribution in [3.8, 4) is 0 Å². The molecule has 0 radical (unpaired) electrons. The van der Waals surface area contributed by atoms with Crippen LogP contribution in [0.4, 0.5) is 0 Å². The third-order valence-electron chi connectivity index (χ3n) is 5.07. The Hall–Kier alpha value is -2.48. The zero-order chi connectivity index (χ0) is 20.4. The second-order valence-electron chi connectivity index (χ2n) is 6.95. The molecule has 8 heteroatoms. The molecule has 6 nitrogen and oxygen atoms in total. The van der Waals surface area contributed by atoms with Crippen molar-refractivity contribution in [3.63, 3.8) is 0 Å².